The van der Waals surface area contributed by atoms with Gasteiger partial charge in [0.15, 0.2) is 0 Å². The summed E-state index contributed by atoms with van der Waals surface area (Å²) in [5, 5.41) is 3.28. The van der Waals surface area contributed by atoms with Gasteiger partial charge in [-0.1, -0.05) is 12.1 Å². The number of carbonyl (C=O) groups is 2. The molecule has 0 fully saturated rings. The summed E-state index contributed by atoms with van der Waals surface area (Å²) >= 11 is 1.61. The van der Waals surface area contributed by atoms with Crippen LogP contribution >= 0.6 is 0 Å². The summed E-state index contributed by atoms with van der Waals surface area (Å²) < 4.78 is 32.2. The molecule has 0 bridgehead atoms. The Bertz CT molecular complexity index is 827. The Hall–Kier alpha value is -2.45. The van der Waals surface area contributed by atoms with E-state index in [4.69, 9.17) is 0 Å². The number of halogens is 2. The molecule has 5 nitrogen and oxygen atoms in total. The topological polar surface area (TPSA) is 49.9 Å². The van der Waals surface area contributed by atoms with Crippen molar-refractivity contribution in [2.45, 2.75) is 6.54 Å². The summed E-state index contributed by atoms with van der Waals surface area (Å²) in [6, 6.07) is 8.85. The summed E-state index contributed by atoms with van der Waals surface area (Å²) in [6.45, 7) is 7.64. The van der Waals surface area contributed by atoms with Gasteiger partial charge in [-0.15, -0.1) is 13.1 Å². The van der Waals surface area contributed by atoms with E-state index in [1.165, 1.54) is 23.0 Å². The van der Waals surface area contributed by atoms with Crippen LogP contribution in [0.1, 0.15) is 15.9 Å². The Balaban J connectivity index is 0.00000204. The van der Waals surface area contributed by atoms with Gasteiger partial charge in [0.1, 0.15) is 11.6 Å². The standard InChI is InChI=1S/C20H20F2N2O3.CH2.Os/c1-4-23(5-2)20(26)24(18-11-10-16(21)12-17(18)22)13-14-6-8-15(9-7-14)19(25)27-3;;/h6-12H,1-2,4-5,13H2,3H3;1H2;/q-2;;. The number of anilines is 1. The number of benzene rings is 2. The van der Waals surface area contributed by atoms with Gasteiger partial charge >= 0.3 is 35.2 Å². The van der Waals surface area contributed by atoms with Crippen molar-refractivity contribution in [1.82, 2.24) is 4.90 Å². The summed E-state index contributed by atoms with van der Waals surface area (Å²) in [5.41, 5.74) is 0.933. The molecule has 2 rings (SSSR count). The monoisotopic (exact) mass is 580 g/mol. The number of rotatable bonds is 6. The Morgan fingerprint density at radius 1 is 1.07 bits per heavy atom. The van der Waals surface area contributed by atoms with E-state index in [-0.39, 0.29) is 25.3 Å². The van der Waals surface area contributed by atoms with Crippen LogP contribution in [0, 0.1) is 25.5 Å². The first-order valence-corrected chi connectivity index (χ1v) is 10.2. The maximum atomic E-state index is 14.3. The zero-order chi connectivity index (χ0) is 22.0. The molecule has 2 aromatic carbocycles. The van der Waals surface area contributed by atoms with E-state index >= 15 is 0 Å². The minimum absolute atomic E-state index is 0.0132. The van der Waals surface area contributed by atoms with Crippen LogP contribution < -0.4 is 4.90 Å². The van der Waals surface area contributed by atoms with Crippen LogP contribution in [0.2, 0.25) is 0 Å². The number of nitrogens with zero attached hydrogens (tertiary/aromatic N) is 2. The fraction of sp³-hybridized carbons (Fsp3) is 0.190. The Morgan fingerprint density at radius 3 is 2.14 bits per heavy atom. The molecule has 0 spiro atoms. The summed E-state index contributed by atoms with van der Waals surface area (Å²) in [4.78, 5) is 26.8. The van der Waals surface area contributed by atoms with Crippen molar-refractivity contribution in [1.29, 1.82) is 0 Å². The van der Waals surface area contributed by atoms with Gasteiger partial charge in [-0.05, 0) is 29.8 Å². The third-order valence-electron chi connectivity index (χ3n) is 3.96. The molecule has 0 aromatic heterocycles. The predicted octanol–water partition coefficient (Wildman–Crippen LogP) is 3.81. The summed E-state index contributed by atoms with van der Waals surface area (Å²) in [5.74, 6) is -2.08. The van der Waals surface area contributed by atoms with E-state index < -0.39 is 23.6 Å². The van der Waals surface area contributed by atoms with Crippen LogP contribution in [0.15, 0.2) is 42.5 Å². The van der Waals surface area contributed by atoms with Crippen molar-refractivity contribution in [3.8, 4) is 0 Å². The number of carbonyl (C=O) groups excluding carboxylic acids is 2. The second kappa shape index (κ2) is 12.2. The minimum atomic E-state index is -0.859. The molecule has 29 heavy (non-hydrogen) atoms. The van der Waals surface area contributed by atoms with Gasteiger partial charge in [0.05, 0.1) is 24.9 Å². The van der Waals surface area contributed by atoms with Crippen molar-refractivity contribution >= 4 is 22.8 Å². The molecular formula is C21H22F2N2O3Os-2. The van der Waals surface area contributed by atoms with Gasteiger partial charge < -0.3 is 23.5 Å². The second-order valence-corrected chi connectivity index (χ2v) is 5.64. The Morgan fingerprint density at radius 2 is 1.66 bits per heavy atom. The number of ether oxygens (including phenoxy) is 1. The molecule has 0 aliphatic rings. The van der Waals surface area contributed by atoms with Gasteiger partial charge in [-0.2, -0.15) is 0 Å². The number of amides is 2. The van der Waals surface area contributed by atoms with E-state index in [9.17, 15) is 18.4 Å². The molecule has 0 radical (unpaired) electrons. The van der Waals surface area contributed by atoms with Crippen molar-refractivity contribution in [2.75, 3.05) is 25.1 Å². The SMILES string of the molecule is [CH2-]CN(C[CH2-])C(=O)N(Cc1ccc(C(=O)OC)cc1)c1ccc(F)cc1F.[CH2]=[Os]. The van der Waals surface area contributed by atoms with E-state index in [2.05, 4.69) is 23.7 Å². The van der Waals surface area contributed by atoms with Gasteiger partial charge in [-0.3, -0.25) is 4.90 Å². The van der Waals surface area contributed by atoms with Crippen LogP contribution in [-0.2, 0) is 29.4 Å². The molecule has 0 atom stereocenters. The van der Waals surface area contributed by atoms with Crippen LogP contribution in [0.4, 0.5) is 19.3 Å². The van der Waals surface area contributed by atoms with Crippen molar-refractivity contribution in [3.05, 3.63) is 79.1 Å². The first-order valence-electron chi connectivity index (χ1n) is 8.43. The molecule has 0 unspecified atom stereocenters. The average Bonchev–Trinajstić information content (AvgIpc) is 2.74. The summed E-state index contributed by atoms with van der Waals surface area (Å²) in [7, 11) is 1.28. The van der Waals surface area contributed by atoms with Gasteiger partial charge in [0, 0.05) is 6.07 Å². The molecule has 2 aromatic rings. The molecule has 0 aliphatic carbocycles. The van der Waals surface area contributed by atoms with Crippen molar-refractivity contribution < 1.29 is 41.3 Å². The molecule has 0 saturated heterocycles. The maximum absolute atomic E-state index is 14.3. The predicted molar refractivity (Wildman–Crippen MR) is 105 cm³/mol. The number of esters is 1. The number of hydrogen-bond acceptors (Lipinski definition) is 3. The second-order valence-electron chi connectivity index (χ2n) is 5.64. The molecule has 0 saturated carbocycles. The van der Waals surface area contributed by atoms with Crippen LogP contribution in [-0.4, -0.2) is 42.2 Å². The van der Waals surface area contributed by atoms with E-state index in [1.807, 2.05) is 0 Å². The van der Waals surface area contributed by atoms with E-state index in [1.54, 1.807) is 42.4 Å². The van der Waals surface area contributed by atoms with Gasteiger partial charge in [-0.25, -0.2) is 18.4 Å². The van der Waals surface area contributed by atoms with E-state index in [0.29, 0.717) is 17.2 Å². The Labute approximate surface area is 179 Å². The van der Waals surface area contributed by atoms with Crippen molar-refractivity contribution in [3.63, 3.8) is 0 Å². The van der Waals surface area contributed by atoms with Crippen LogP contribution in [0.5, 0.6) is 0 Å². The molecule has 0 aliphatic heterocycles. The fourth-order valence-corrected chi connectivity index (χ4v) is 2.48. The first kappa shape index (κ1) is 24.6. The average molecular weight is 579 g/mol. The molecular weight excluding hydrogens is 556 g/mol. The number of hydrogen-bond donors (Lipinski definition) is 0. The molecule has 0 heterocycles. The Kier molecular flexibility index (Phi) is 10.3. The van der Waals surface area contributed by atoms with E-state index in [0.717, 1.165) is 6.07 Å². The van der Waals surface area contributed by atoms with Crippen LogP contribution in [0.25, 0.3) is 0 Å². The van der Waals surface area contributed by atoms with Gasteiger partial charge in [0.25, 0.3) is 0 Å². The zero-order valence-electron chi connectivity index (χ0n) is 16.0. The normalized spacial score (nSPS) is 9.86. The summed E-state index contributed by atoms with van der Waals surface area (Å²) in [6.07, 6.45) is 0. The molecule has 8 heteroatoms. The van der Waals surface area contributed by atoms with Crippen LogP contribution in [0.3, 0.4) is 0 Å². The zero-order valence-corrected chi connectivity index (χ0v) is 18.6. The quantitative estimate of drug-likeness (QED) is 0.387. The molecule has 0 N–H and O–H groups in total. The molecule has 158 valence electrons. The fourth-order valence-electron chi connectivity index (χ4n) is 2.48. The number of methoxy groups -OCH3 is 1. The third-order valence-corrected chi connectivity index (χ3v) is 3.96. The number of urea groups is 1. The van der Waals surface area contributed by atoms with Crippen molar-refractivity contribution in [2.24, 2.45) is 0 Å². The first-order chi connectivity index (χ1) is 13.9. The molecule has 2 amide bonds. The third kappa shape index (κ3) is 6.54. The van der Waals surface area contributed by atoms with Gasteiger partial charge in [0.2, 0.25) is 0 Å².